The molecule has 1 saturated heterocycles. The summed E-state index contributed by atoms with van der Waals surface area (Å²) in [4.78, 5) is 38.6. The highest BCUT2D eigenvalue weighted by molar-refractivity contribution is 7.89. The fourth-order valence-electron chi connectivity index (χ4n) is 3.78. The molecule has 2 aliphatic heterocycles. The van der Waals surface area contributed by atoms with Crippen LogP contribution in [0, 0.1) is 0 Å². The van der Waals surface area contributed by atoms with Gasteiger partial charge in [-0.3, -0.25) is 14.5 Å². The van der Waals surface area contributed by atoms with Crippen LogP contribution in [-0.4, -0.2) is 123 Å². The maximum Gasteiger partial charge on any atom is 0.490 e. The van der Waals surface area contributed by atoms with E-state index in [2.05, 4.69) is 0 Å². The van der Waals surface area contributed by atoms with E-state index in [9.17, 15) is 31.2 Å². The number of carbonyl (C=O) groups excluding carboxylic acids is 2. The van der Waals surface area contributed by atoms with Crippen LogP contribution < -0.4 is 4.74 Å². The van der Waals surface area contributed by atoms with Crippen molar-refractivity contribution in [3.63, 3.8) is 0 Å². The Morgan fingerprint density at radius 3 is 2.05 bits per heavy atom. The van der Waals surface area contributed by atoms with Crippen LogP contribution >= 0.6 is 0 Å². The molecule has 37 heavy (non-hydrogen) atoms. The van der Waals surface area contributed by atoms with Crippen LogP contribution in [0.3, 0.4) is 0 Å². The quantitative estimate of drug-likeness (QED) is 0.579. The summed E-state index contributed by atoms with van der Waals surface area (Å²) in [5.41, 5.74) is 0. The van der Waals surface area contributed by atoms with Gasteiger partial charge in [-0.25, -0.2) is 13.2 Å². The minimum atomic E-state index is -5.08. The maximum atomic E-state index is 13.5. The summed E-state index contributed by atoms with van der Waals surface area (Å²) < 4.78 is 66.2. The zero-order chi connectivity index (χ0) is 28.1. The SMILES string of the molecule is CN(C)C(=O)CN1CC[C@@H]2Oc3ccccc3S(=O)(=O)N(CC(=O)N(C)C)[C@H]2CC1.O=C(O)C(F)(F)F. The Kier molecular flexibility index (Phi) is 9.91. The van der Waals surface area contributed by atoms with E-state index < -0.39 is 34.3 Å². The van der Waals surface area contributed by atoms with Crippen LogP contribution in [0.15, 0.2) is 29.2 Å². The fraction of sp³-hybridized carbons (Fsp3) is 0.591. The van der Waals surface area contributed by atoms with Crippen molar-refractivity contribution in [2.45, 2.75) is 36.1 Å². The number of benzene rings is 1. The third-order valence-corrected chi connectivity index (χ3v) is 7.78. The van der Waals surface area contributed by atoms with Gasteiger partial charge in [-0.15, -0.1) is 0 Å². The van der Waals surface area contributed by atoms with E-state index in [4.69, 9.17) is 14.6 Å². The van der Waals surface area contributed by atoms with Gasteiger partial charge in [0.1, 0.15) is 16.7 Å². The molecule has 2 atom stereocenters. The standard InChI is InChI=1S/C20H30N4O5S.C2HF3O2/c1-21(2)19(25)13-23-11-9-15-16(10-12-23)29-17-7-5-6-8-18(17)30(27,28)24(15)14-20(26)22(3)4;3-2(4,5)1(6)7/h5-8,15-16H,9-14H2,1-4H3;(H,6,7)/t15-,16-;/m0./s1. The number of aliphatic carboxylic acids is 1. The number of rotatable bonds is 4. The molecule has 0 radical (unpaired) electrons. The van der Waals surface area contributed by atoms with Crippen LogP contribution in [-0.2, 0) is 24.4 Å². The van der Waals surface area contributed by atoms with Gasteiger partial charge in [-0.2, -0.15) is 17.5 Å². The summed E-state index contributed by atoms with van der Waals surface area (Å²) >= 11 is 0. The number of carboxylic acid groups (broad SMARTS) is 1. The lowest BCUT2D eigenvalue weighted by Crippen LogP contribution is -2.50. The molecule has 3 rings (SSSR count). The molecule has 2 amide bonds. The summed E-state index contributed by atoms with van der Waals surface area (Å²) in [5.74, 6) is -2.74. The van der Waals surface area contributed by atoms with Crippen LogP contribution in [0.4, 0.5) is 13.2 Å². The molecule has 2 heterocycles. The van der Waals surface area contributed by atoms with Crippen molar-refractivity contribution in [1.82, 2.24) is 19.0 Å². The molecule has 0 saturated carbocycles. The average Bonchev–Trinajstić information content (AvgIpc) is 3.03. The number of alkyl halides is 3. The van der Waals surface area contributed by atoms with E-state index in [0.717, 1.165) is 0 Å². The molecule has 0 unspecified atom stereocenters. The third kappa shape index (κ3) is 7.79. The number of hydrogen-bond donors (Lipinski definition) is 1. The summed E-state index contributed by atoms with van der Waals surface area (Å²) in [5, 5.41) is 7.12. The summed E-state index contributed by atoms with van der Waals surface area (Å²) in [6, 6.07) is 6.07. The Labute approximate surface area is 213 Å². The van der Waals surface area contributed by atoms with Crippen LogP contribution in [0.1, 0.15) is 12.8 Å². The van der Waals surface area contributed by atoms with Crippen molar-refractivity contribution in [3.8, 4) is 5.75 Å². The van der Waals surface area contributed by atoms with E-state index in [0.29, 0.717) is 31.7 Å². The van der Waals surface area contributed by atoms with E-state index in [1.807, 2.05) is 4.90 Å². The molecule has 2 aliphatic rings. The lowest BCUT2D eigenvalue weighted by molar-refractivity contribution is -0.192. The Morgan fingerprint density at radius 2 is 1.51 bits per heavy atom. The molecule has 1 fully saturated rings. The number of likely N-dealkylation sites (tertiary alicyclic amines) is 1. The molecule has 208 valence electrons. The second-order valence-electron chi connectivity index (χ2n) is 8.95. The second-order valence-corrected chi connectivity index (χ2v) is 10.8. The largest absolute Gasteiger partial charge is 0.490 e. The van der Waals surface area contributed by atoms with Gasteiger partial charge in [0.2, 0.25) is 21.8 Å². The predicted octanol–water partition coefficient (Wildman–Crippen LogP) is 0.712. The van der Waals surface area contributed by atoms with E-state index in [1.165, 1.54) is 15.3 Å². The Hall–Kier alpha value is -2.91. The monoisotopic (exact) mass is 552 g/mol. The highest BCUT2D eigenvalue weighted by Gasteiger charge is 2.44. The molecule has 0 aliphatic carbocycles. The number of ether oxygens (including phenoxy) is 1. The van der Waals surface area contributed by atoms with E-state index in [-0.39, 0.29) is 29.8 Å². The minimum Gasteiger partial charge on any atom is -0.487 e. The first-order valence-corrected chi connectivity index (χ1v) is 12.7. The first-order valence-electron chi connectivity index (χ1n) is 11.3. The summed E-state index contributed by atoms with van der Waals surface area (Å²) in [6.07, 6.45) is -4.46. The molecule has 0 bridgehead atoms. The predicted molar refractivity (Wildman–Crippen MR) is 125 cm³/mol. The van der Waals surface area contributed by atoms with Gasteiger partial charge in [0.05, 0.1) is 19.1 Å². The minimum absolute atomic E-state index is 0.00405. The topological polar surface area (TPSA) is 128 Å². The fourth-order valence-corrected chi connectivity index (χ4v) is 5.53. The van der Waals surface area contributed by atoms with Crippen molar-refractivity contribution in [3.05, 3.63) is 24.3 Å². The van der Waals surface area contributed by atoms with Crippen LogP contribution in [0.25, 0.3) is 0 Å². The van der Waals surface area contributed by atoms with Gasteiger partial charge in [0.15, 0.2) is 0 Å². The third-order valence-electron chi connectivity index (χ3n) is 5.87. The number of halogens is 3. The Bertz CT molecular complexity index is 1100. The van der Waals surface area contributed by atoms with Crippen molar-refractivity contribution < 1.29 is 45.8 Å². The lowest BCUT2D eigenvalue weighted by atomic mass is 10.1. The second kappa shape index (κ2) is 12.1. The smallest absolute Gasteiger partial charge is 0.487 e. The molecule has 1 aromatic carbocycles. The van der Waals surface area contributed by atoms with Crippen molar-refractivity contribution in [2.75, 3.05) is 54.4 Å². The summed E-state index contributed by atoms with van der Waals surface area (Å²) in [7, 11) is 2.72. The number of nitrogens with zero attached hydrogens (tertiary/aromatic N) is 4. The molecule has 0 aromatic heterocycles. The molecular formula is C22H31F3N4O7S. The van der Waals surface area contributed by atoms with Gasteiger partial charge in [0.25, 0.3) is 0 Å². The van der Waals surface area contributed by atoms with Gasteiger partial charge in [-0.05, 0) is 25.0 Å². The molecular weight excluding hydrogens is 521 g/mol. The molecule has 11 nitrogen and oxygen atoms in total. The molecule has 1 N–H and O–H groups in total. The number of hydrogen-bond acceptors (Lipinski definition) is 7. The number of likely N-dealkylation sites (N-methyl/N-ethyl adjacent to an activating group) is 2. The Morgan fingerprint density at radius 1 is 1.00 bits per heavy atom. The number of sulfonamides is 1. The normalized spacial score (nSPS) is 21.5. The number of fused-ring (bicyclic) bond motifs is 2. The molecule has 15 heteroatoms. The van der Waals surface area contributed by atoms with Crippen molar-refractivity contribution in [2.24, 2.45) is 0 Å². The van der Waals surface area contributed by atoms with Crippen molar-refractivity contribution in [1.29, 1.82) is 0 Å². The summed E-state index contributed by atoms with van der Waals surface area (Å²) in [6.45, 7) is 1.18. The molecule has 1 aromatic rings. The van der Waals surface area contributed by atoms with Gasteiger partial charge < -0.3 is 19.6 Å². The van der Waals surface area contributed by atoms with Gasteiger partial charge in [-0.1, -0.05) is 12.1 Å². The van der Waals surface area contributed by atoms with Gasteiger partial charge >= 0.3 is 12.1 Å². The first-order chi connectivity index (χ1) is 17.1. The van der Waals surface area contributed by atoms with Crippen LogP contribution in [0.2, 0.25) is 0 Å². The zero-order valence-corrected chi connectivity index (χ0v) is 21.8. The van der Waals surface area contributed by atoms with Crippen LogP contribution in [0.5, 0.6) is 5.75 Å². The highest BCUT2D eigenvalue weighted by Crippen LogP contribution is 2.36. The number of carboxylic acids is 1. The highest BCUT2D eigenvalue weighted by atomic mass is 32.2. The van der Waals surface area contributed by atoms with Gasteiger partial charge in [0, 0.05) is 41.3 Å². The first kappa shape index (κ1) is 30.3. The molecule has 0 spiro atoms. The average molecular weight is 553 g/mol. The number of amides is 2. The number of carbonyl (C=O) groups is 3. The van der Waals surface area contributed by atoms with E-state index >= 15 is 0 Å². The zero-order valence-electron chi connectivity index (χ0n) is 20.9. The maximum absolute atomic E-state index is 13.5. The Balaban J connectivity index is 0.000000604. The van der Waals surface area contributed by atoms with E-state index in [1.54, 1.807) is 51.3 Å². The number of para-hydroxylation sites is 1. The lowest BCUT2D eigenvalue weighted by Gasteiger charge is -2.32. The van der Waals surface area contributed by atoms with Crippen molar-refractivity contribution >= 4 is 27.8 Å².